The molecule has 1 N–H and O–H groups in total. The molecule has 0 saturated carbocycles. The normalized spacial score (nSPS) is 10.2. The Morgan fingerprint density at radius 1 is 1.00 bits per heavy atom. The molecule has 0 unspecified atom stereocenters. The Hall–Kier alpha value is -1.94. The van der Waals surface area contributed by atoms with Crippen LogP contribution in [0.5, 0.6) is 0 Å². The van der Waals surface area contributed by atoms with Crippen LogP contribution in [0.1, 0.15) is 10.4 Å². The van der Waals surface area contributed by atoms with Gasteiger partial charge in [0.1, 0.15) is 11.6 Å². The highest BCUT2D eigenvalue weighted by molar-refractivity contribution is 6.30. The number of nitrogens with one attached hydrogen (secondary N) is 1. The summed E-state index contributed by atoms with van der Waals surface area (Å²) in [4.78, 5) is 11.7. The minimum Gasteiger partial charge on any atom is -0.322 e. The van der Waals surface area contributed by atoms with E-state index >= 15 is 0 Å². The molecule has 0 aliphatic carbocycles. The summed E-state index contributed by atoms with van der Waals surface area (Å²) in [7, 11) is 0. The van der Waals surface area contributed by atoms with Crippen molar-refractivity contribution >= 4 is 23.2 Å². The lowest BCUT2D eigenvalue weighted by Gasteiger charge is -2.05. The largest absolute Gasteiger partial charge is 0.322 e. The highest BCUT2D eigenvalue weighted by Gasteiger charge is 2.07. The summed E-state index contributed by atoms with van der Waals surface area (Å²) in [6, 6.07) is 8.97. The maximum Gasteiger partial charge on any atom is 0.255 e. The average molecular weight is 268 g/mol. The van der Waals surface area contributed by atoms with Gasteiger partial charge in [-0.15, -0.1) is 0 Å². The molecule has 0 fully saturated rings. The first-order valence-corrected chi connectivity index (χ1v) is 5.45. The van der Waals surface area contributed by atoms with Crippen LogP contribution in [0.25, 0.3) is 0 Å². The van der Waals surface area contributed by atoms with Crippen LogP contribution in [-0.4, -0.2) is 5.91 Å². The molecule has 0 aliphatic rings. The van der Waals surface area contributed by atoms with Gasteiger partial charge in [-0.25, -0.2) is 8.78 Å². The second kappa shape index (κ2) is 5.14. The van der Waals surface area contributed by atoms with Gasteiger partial charge in [0.15, 0.2) is 0 Å². The highest BCUT2D eigenvalue weighted by Crippen LogP contribution is 2.15. The molecule has 0 heterocycles. The zero-order valence-electron chi connectivity index (χ0n) is 9.08. The molecule has 1 amide bonds. The van der Waals surface area contributed by atoms with E-state index in [0.29, 0.717) is 10.6 Å². The van der Waals surface area contributed by atoms with Crippen LogP contribution in [0, 0.1) is 11.6 Å². The smallest absolute Gasteiger partial charge is 0.255 e. The predicted molar refractivity (Wildman–Crippen MR) is 65.8 cm³/mol. The first-order valence-electron chi connectivity index (χ1n) is 5.07. The van der Waals surface area contributed by atoms with Crippen molar-refractivity contribution in [1.82, 2.24) is 0 Å². The molecule has 0 aromatic heterocycles. The fourth-order valence-electron chi connectivity index (χ4n) is 1.43. The number of carbonyl (C=O) groups excluding carboxylic acids is 1. The van der Waals surface area contributed by atoms with E-state index in [0.717, 1.165) is 18.2 Å². The molecule has 0 radical (unpaired) electrons. The third-order valence-electron chi connectivity index (χ3n) is 2.23. The third-order valence-corrected chi connectivity index (χ3v) is 2.48. The van der Waals surface area contributed by atoms with E-state index in [2.05, 4.69) is 5.32 Å². The van der Waals surface area contributed by atoms with Gasteiger partial charge in [-0.2, -0.15) is 0 Å². The van der Waals surface area contributed by atoms with Crippen LogP contribution in [0.4, 0.5) is 14.5 Å². The zero-order valence-corrected chi connectivity index (χ0v) is 9.84. The Balaban J connectivity index is 2.18. The van der Waals surface area contributed by atoms with Gasteiger partial charge in [-0.3, -0.25) is 4.79 Å². The van der Waals surface area contributed by atoms with Crippen molar-refractivity contribution in [2.45, 2.75) is 0 Å². The number of benzene rings is 2. The van der Waals surface area contributed by atoms with Crippen LogP contribution in [0.2, 0.25) is 5.02 Å². The molecule has 2 aromatic carbocycles. The molecule has 5 heteroatoms. The van der Waals surface area contributed by atoms with Crippen molar-refractivity contribution < 1.29 is 13.6 Å². The Morgan fingerprint density at radius 2 is 1.56 bits per heavy atom. The van der Waals surface area contributed by atoms with Gasteiger partial charge >= 0.3 is 0 Å². The molecule has 2 aromatic rings. The second-order valence-corrected chi connectivity index (χ2v) is 4.06. The zero-order chi connectivity index (χ0) is 13.1. The molecule has 92 valence electrons. The lowest BCUT2D eigenvalue weighted by Crippen LogP contribution is -2.12. The number of hydrogen-bond acceptors (Lipinski definition) is 1. The number of rotatable bonds is 2. The summed E-state index contributed by atoms with van der Waals surface area (Å²) >= 11 is 5.69. The monoisotopic (exact) mass is 267 g/mol. The van der Waals surface area contributed by atoms with Crippen LogP contribution in [0.15, 0.2) is 42.5 Å². The van der Waals surface area contributed by atoms with Crippen LogP contribution in [0.3, 0.4) is 0 Å². The summed E-state index contributed by atoms with van der Waals surface area (Å²) < 4.78 is 25.9. The van der Waals surface area contributed by atoms with Gasteiger partial charge in [0.2, 0.25) is 0 Å². The molecular weight excluding hydrogens is 260 g/mol. The van der Waals surface area contributed by atoms with E-state index in [-0.39, 0.29) is 5.69 Å². The number of halogens is 3. The fraction of sp³-hybridized carbons (Fsp3) is 0. The Bertz CT molecular complexity index is 564. The SMILES string of the molecule is O=C(Nc1cc(F)cc(F)c1)c1ccc(Cl)cc1. The predicted octanol–water partition coefficient (Wildman–Crippen LogP) is 3.87. The molecule has 0 saturated heterocycles. The second-order valence-electron chi connectivity index (χ2n) is 3.62. The molecule has 2 nitrogen and oxygen atoms in total. The fourth-order valence-corrected chi connectivity index (χ4v) is 1.56. The average Bonchev–Trinajstić information content (AvgIpc) is 2.28. The maximum absolute atomic E-state index is 12.9. The van der Waals surface area contributed by atoms with Gasteiger partial charge in [0.25, 0.3) is 5.91 Å². The van der Waals surface area contributed by atoms with Crippen LogP contribution < -0.4 is 5.32 Å². The Morgan fingerprint density at radius 3 is 2.11 bits per heavy atom. The van der Waals surface area contributed by atoms with Gasteiger partial charge < -0.3 is 5.32 Å². The molecular formula is C13H8ClF2NO. The standard InChI is InChI=1S/C13H8ClF2NO/c14-9-3-1-8(2-4-9)13(18)17-12-6-10(15)5-11(16)7-12/h1-7H,(H,17,18). The lowest BCUT2D eigenvalue weighted by molar-refractivity contribution is 0.102. The summed E-state index contributed by atoms with van der Waals surface area (Å²) in [5.41, 5.74) is 0.413. The first-order chi connectivity index (χ1) is 8.54. The molecule has 0 spiro atoms. The van der Waals surface area contributed by atoms with E-state index in [4.69, 9.17) is 11.6 Å². The van der Waals surface area contributed by atoms with Crippen molar-refractivity contribution in [1.29, 1.82) is 0 Å². The quantitative estimate of drug-likeness (QED) is 0.879. The van der Waals surface area contributed by atoms with Crippen LogP contribution in [-0.2, 0) is 0 Å². The summed E-state index contributed by atoms with van der Waals surface area (Å²) in [6.45, 7) is 0. The van der Waals surface area contributed by atoms with Crippen molar-refractivity contribution in [3.05, 3.63) is 64.7 Å². The van der Waals surface area contributed by atoms with Crippen molar-refractivity contribution in [2.24, 2.45) is 0 Å². The van der Waals surface area contributed by atoms with E-state index < -0.39 is 17.5 Å². The van der Waals surface area contributed by atoms with Gasteiger partial charge in [0.05, 0.1) is 0 Å². The highest BCUT2D eigenvalue weighted by atomic mass is 35.5. The van der Waals surface area contributed by atoms with Gasteiger partial charge in [-0.1, -0.05) is 11.6 Å². The molecule has 18 heavy (non-hydrogen) atoms. The van der Waals surface area contributed by atoms with E-state index in [1.54, 1.807) is 12.1 Å². The minimum atomic E-state index is -0.749. The minimum absolute atomic E-state index is 0.0625. The Labute approximate surface area is 107 Å². The number of anilines is 1. The number of carbonyl (C=O) groups is 1. The first kappa shape index (κ1) is 12.5. The van der Waals surface area contributed by atoms with Crippen molar-refractivity contribution in [3.8, 4) is 0 Å². The lowest BCUT2D eigenvalue weighted by atomic mass is 10.2. The van der Waals surface area contributed by atoms with Gasteiger partial charge in [-0.05, 0) is 36.4 Å². The molecule has 2 rings (SSSR count). The van der Waals surface area contributed by atoms with E-state index in [1.807, 2.05) is 0 Å². The number of hydrogen-bond donors (Lipinski definition) is 1. The molecule has 0 atom stereocenters. The molecule has 0 bridgehead atoms. The topological polar surface area (TPSA) is 29.1 Å². The van der Waals surface area contributed by atoms with Gasteiger partial charge in [0, 0.05) is 22.3 Å². The van der Waals surface area contributed by atoms with Crippen LogP contribution >= 0.6 is 11.6 Å². The van der Waals surface area contributed by atoms with Crippen molar-refractivity contribution in [2.75, 3.05) is 5.32 Å². The maximum atomic E-state index is 12.9. The van der Waals surface area contributed by atoms with E-state index in [1.165, 1.54) is 12.1 Å². The third kappa shape index (κ3) is 3.05. The summed E-state index contributed by atoms with van der Waals surface area (Å²) in [6.07, 6.45) is 0. The van der Waals surface area contributed by atoms with E-state index in [9.17, 15) is 13.6 Å². The summed E-state index contributed by atoms with van der Waals surface area (Å²) in [5.74, 6) is -1.96. The molecule has 0 aliphatic heterocycles. The number of amides is 1. The summed E-state index contributed by atoms with van der Waals surface area (Å²) in [5, 5.41) is 2.90. The Kier molecular flexibility index (Phi) is 3.58. The van der Waals surface area contributed by atoms with Crippen molar-refractivity contribution in [3.63, 3.8) is 0 Å².